The summed E-state index contributed by atoms with van der Waals surface area (Å²) in [6, 6.07) is 67.6. The van der Waals surface area contributed by atoms with Crippen molar-refractivity contribution in [2.75, 3.05) is 0 Å². The molecule has 0 bridgehead atoms. The van der Waals surface area contributed by atoms with Gasteiger partial charge in [0.05, 0.1) is 55.7 Å². The minimum atomic E-state index is -0.111. The van der Waals surface area contributed by atoms with Gasteiger partial charge in [0.25, 0.3) is 0 Å². The van der Waals surface area contributed by atoms with Crippen LogP contribution in [0, 0.1) is 11.3 Å². The Kier molecular flexibility index (Phi) is 12.7. The molecule has 0 N–H and O–H groups in total. The lowest BCUT2D eigenvalue weighted by Gasteiger charge is -2.29. The summed E-state index contributed by atoms with van der Waals surface area (Å²) in [6.07, 6.45) is 0. The zero-order valence-corrected chi connectivity index (χ0v) is 52.5. The molecular weight excluding hydrogens is 1000 g/mol. The van der Waals surface area contributed by atoms with Crippen molar-refractivity contribution in [2.45, 2.75) is 157 Å². The van der Waals surface area contributed by atoms with Crippen molar-refractivity contribution in [3.63, 3.8) is 0 Å². The van der Waals surface area contributed by atoms with Crippen molar-refractivity contribution in [1.29, 1.82) is 5.26 Å². The van der Waals surface area contributed by atoms with Crippen LogP contribution in [0.15, 0.2) is 170 Å². The SMILES string of the molecule is CC(C)(C)c1ccc2c(c1)c1cc(C(C)(C)C)ccc1n2-c1c(-c2ccccc2)c(C#N)c(-n2c3ccc(C(C)(C)C)cc3c3cc(C(C)(C)C)ccc32)c(-n2c3ccc(C(C)(C)C)cc3c3cc(C(C)(C)C)ccc32)c1-c1ccccc1. The molecule has 0 unspecified atom stereocenters. The quantitative estimate of drug-likeness (QED) is 0.169. The molecule has 418 valence electrons. The highest BCUT2D eigenvalue weighted by Gasteiger charge is 2.35. The summed E-state index contributed by atoms with van der Waals surface area (Å²) in [4.78, 5) is 0. The largest absolute Gasteiger partial charge is 0.308 e. The molecule has 0 amide bonds. The van der Waals surface area contributed by atoms with Crippen molar-refractivity contribution in [3.8, 4) is 45.4 Å². The Morgan fingerprint density at radius 3 is 0.735 bits per heavy atom. The summed E-state index contributed by atoms with van der Waals surface area (Å²) < 4.78 is 7.55. The van der Waals surface area contributed by atoms with E-state index in [1.54, 1.807) is 0 Å². The van der Waals surface area contributed by atoms with Gasteiger partial charge in [0.1, 0.15) is 6.07 Å². The molecular formula is C79H82N4. The van der Waals surface area contributed by atoms with Crippen LogP contribution >= 0.6 is 0 Å². The maximum absolute atomic E-state index is 12.9. The summed E-state index contributed by atoms with van der Waals surface area (Å²) in [5, 5.41) is 20.0. The highest BCUT2D eigenvalue weighted by Crippen LogP contribution is 2.53. The molecule has 4 heteroatoms. The van der Waals surface area contributed by atoms with E-state index in [9.17, 15) is 5.26 Å². The van der Waals surface area contributed by atoms with Gasteiger partial charge in [-0.25, -0.2) is 0 Å². The molecule has 12 rings (SSSR count). The molecule has 83 heavy (non-hydrogen) atoms. The molecule has 0 spiro atoms. The van der Waals surface area contributed by atoms with E-state index in [0.29, 0.717) is 5.56 Å². The van der Waals surface area contributed by atoms with Crippen LogP contribution in [-0.2, 0) is 32.5 Å². The molecule has 0 aliphatic heterocycles. The first-order chi connectivity index (χ1) is 38.9. The Hall–Kier alpha value is -8.13. The third-order valence-corrected chi connectivity index (χ3v) is 17.8. The van der Waals surface area contributed by atoms with Gasteiger partial charge in [-0.05, 0) is 150 Å². The maximum Gasteiger partial charge on any atom is 0.102 e. The fraction of sp³-hybridized carbons (Fsp3) is 0.304. The Morgan fingerprint density at radius 1 is 0.265 bits per heavy atom. The monoisotopic (exact) mass is 1090 g/mol. The van der Waals surface area contributed by atoms with Gasteiger partial charge < -0.3 is 13.7 Å². The predicted octanol–water partition coefficient (Wildman–Crippen LogP) is 22.0. The smallest absolute Gasteiger partial charge is 0.102 e. The van der Waals surface area contributed by atoms with E-state index >= 15 is 0 Å². The Labute approximate surface area is 493 Å². The van der Waals surface area contributed by atoms with Gasteiger partial charge in [0, 0.05) is 43.4 Å². The molecule has 0 atom stereocenters. The lowest BCUT2D eigenvalue weighted by Crippen LogP contribution is -2.15. The van der Waals surface area contributed by atoms with E-state index < -0.39 is 0 Å². The van der Waals surface area contributed by atoms with E-state index in [4.69, 9.17) is 0 Å². The van der Waals surface area contributed by atoms with Gasteiger partial charge >= 0.3 is 0 Å². The molecule has 9 aromatic carbocycles. The van der Waals surface area contributed by atoms with Crippen LogP contribution in [0.1, 0.15) is 164 Å². The Balaban J connectivity index is 1.43. The Morgan fingerprint density at radius 2 is 0.494 bits per heavy atom. The highest BCUT2D eigenvalue weighted by molar-refractivity contribution is 6.17. The van der Waals surface area contributed by atoms with Gasteiger partial charge in [0.15, 0.2) is 0 Å². The molecule has 4 nitrogen and oxygen atoms in total. The number of nitriles is 1. The average molecular weight is 1090 g/mol. The first-order valence-electron chi connectivity index (χ1n) is 30.0. The van der Waals surface area contributed by atoms with Crippen molar-refractivity contribution < 1.29 is 0 Å². The minimum absolute atomic E-state index is 0.0999. The third-order valence-electron chi connectivity index (χ3n) is 17.8. The van der Waals surface area contributed by atoms with Gasteiger partial charge in [-0.1, -0.05) is 222 Å². The third kappa shape index (κ3) is 9.18. The van der Waals surface area contributed by atoms with E-state index in [0.717, 1.165) is 72.4 Å². The van der Waals surface area contributed by atoms with Crippen LogP contribution in [-0.4, -0.2) is 13.7 Å². The van der Waals surface area contributed by atoms with Crippen LogP contribution in [0.5, 0.6) is 0 Å². The highest BCUT2D eigenvalue weighted by atomic mass is 15.1. The van der Waals surface area contributed by atoms with Crippen LogP contribution in [0.25, 0.3) is 105 Å². The van der Waals surface area contributed by atoms with Crippen molar-refractivity contribution >= 4 is 65.4 Å². The second kappa shape index (κ2) is 19.0. The maximum atomic E-state index is 12.9. The van der Waals surface area contributed by atoms with Crippen LogP contribution < -0.4 is 0 Å². The Bertz CT molecular complexity index is 4420. The summed E-state index contributed by atoms with van der Waals surface area (Å²) >= 11 is 0. The van der Waals surface area contributed by atoms with E-state index in [2.05, 4.69) is 314 Å². The van der Waals surface area contributed by atoms with Crippen molar-refractivity contribution in [2.24, 2.45) is 0 Å². The van der Waals surface area contributed by atoms with Crippen LogP contribution in [0.3, 0.4) is 0 Å². The topological polar surface area (TPSA) is 38.6 Å². The molecule has 12 aromatic rings. The second-order valence-corrected chi connectivity index (χ2v) is 29.9. The molecule has 3 heterocycles. The van der Waals surface area contributed by atoms with Gasteiger partial charge in [-0.3, -0.25) is 0 Å². The van der Waals surface area contributed by atoms with Gasteiger partial charge in [-0.2, -0.15) is 5.26 Å². The van der Waals surface area contributed by atoms with Crippen LogP contribution in [0.2, 0.25) is 0 Å². The van der Waals surface area contributed by atoms with Crippen molar-refractivity contribution in [3.05, 3.63) is 209 Å². The zero-order valence-electron chi connectivity index (χ0n) is 52.5. The number of aromatic nitrogens is 3. The normalized spacial score (nSPS) is 13.2. The van der Waals surface area contributed by atoms with Gasteiger partial charge in [-0.15, -0.1) is 0 Å². The fourth-order valence-corrected chi connectivity index (χ4v) is 12.8. The number of nitrogens with zero attached hydrogens (tertiary/aromatic N) is 4. The standard InChI is InChI=1S/C79H82N4/c1-74(2,3)50-29-35-63-56(41-50)57-42-51(75(4,5)6)30-36-64(57)81(63)71-62(47-80)69(48-25-21-19-22-26-48)72(82-65-37-31-52(76(7,8)9)43-58(65)59-44-53(77(10,11)12)32-38-66(59)82)70(49-27-23-20-24-28-49)73(71)83-67-39-33-54(78(13,14)15)45-60(67)61-46-55(79(16,17)18)34-40-68(61)83/h19-46H,1-18H3. The summed E-state index contributed by atoms with van der Waals surface area (Å²) in [7, 11) is 0. The molecule has 3 aromatic heterocycles. The predicted molar refractivity (Wildman–Crippen MR) is 357 cm³/mol. The molecule has 0 saturated carbocycles. The minimum Gasteiger partial charge on any atom is -0.308 e. The first-order valence-corrected chi connectivity index (χ1v) is 30.0. The zero-order chi connectivity index (χ0) is 59.2. The molecule has 0 aliphatic carbocycles. The number of hydrogen-bond acceptors (Lipinski definition) is 1. The summed E-state index contributed by atoms with van der Waals surface area (Å²) in [5.41, 5.74) is 20.7. The second-order valence-electron chi connectivity index (χ2n) is 29.9. The molecule has 0 fully saturated rings. The lowest BCUT2D eigenvalue weighted by atomic mass is 9.85. The van der Waals surface area contributed by atoms with Gasteiger partial charge in [0.2, 0.25) is 0 Å². The summed E-state index contributed by atoms with van der Waals surface area (Å²) in [6.45, 7) is 41.5. The van der Waals surface area contributed by atoms with E-state index in [-0.39, 0.29) is 32.5 Å². The molecule has 0 aliphatic rings. The fourth-order valence-electron chi connectivity index (χ4n) is 12.8. The number of fused-ring (bicyclic) bond motifs is 9. The number of rotatable bonds is 5. The average Bonchev–Trinajstić information content (AvgIpc) is 1.77. The van der Waals surface area contributed by atoms with E-state index in [1.165, 1.54) is 65.7 Å². The molecule has 0 saturated heterocycles. The van der Waals surface area contributed by atoms with Crippen molar-refractivity contribution in [1.82, 2.24) is 13.7 Å². The number of benzene rings is 9. The number of hydrogen-bond donors (Lipinski definition) is 0. The first kappa shape index (κ1) is 55.4. The lowest BCUT2D eigenvalue weighted by molar-refractivity contribution is 0.590. The molecule has 0 radical (unpaired) electrons. The summed E-state index contributed by atoms with van der Waals surface area (Å²) in [5.74, 6) is 0. The van der Waals surface area contributed by atoms with E-state index in [1.807, 2.05) is 0 Å². The van der Waals surface area contributed by atoms with Crippen LogP contribution in [0.4, 0.5) is 0 Å².